The highest BCUT2D eigenvalue weighted by atomic mass is 32.2. The molecule has 0 aromatic carbocycles. The Morgan fingerprint density at radius 1 is 1.47 bits per heavy atom. The number of hydrogen-bond donors (Lipinski definition) is 1. The molecule has 0 aromatic rings. The summed E-state index contributed by atoms with van der Waals surface area (Å²) in [6.45, 7) is 7.90. The number of nitrogens with one attached hydrogen (secondary N) is 1. The van der Waals surface area contributed by atoms with Crippen molar-refractivity contribution < 1.29 is 4.55 Å². The van der Waals surface area contributed by atoms with E-state index in [1.54, 1.807) is 0 Å². The molecule has 1 fully saturated rings. The first kappa shape index (κ1) is 14.8. The molecule has 0 aliphatic heterocycles. The van der Waals surface area contributed by atoms with Gasteiger partial charge in [0.2, 0.25) is 0 Å². The van der Waals surface area contributed by atoms with Gasteiger partial charge in [0.15, 0.2) is 0 Å². The maximum atomic E-state index is 12.0. The Hall–Kier alpha value is -0.240. The molecule has 17 heavy (non-hydrogen) atoms. The molecule has 1 aliphatic carbocycles. The van der Waals surface area contributed by atoms with Crippen LogP contribution >= 0.6 is 0 Å². The molecule has 0 saturated heterocycles. The maximum Gasteiger partial charge on any atom is 0.142 e. The van der Waals surface area contributed by atoms with Gasteiger partial charge >= 0.3 is 0 Å². The van der Waals surface area contributed by atoms with Crippen molar-refractivity contribution in [1.29, 1.82) is 5.26 Å². The molecule has 0 amide bonds. The first-order valence-electron chi connectivity index (χ1n) is 6.47. The van der Waals surface area contributed by atoms with Gasteiger partial charge < -0.3 is 4.55 Å². The minimum absolute atomic E-state index is 0.273. The third kappa shape index (κ3) is 3.87. The van der Waals surface area contributed by atoms with Gasteiger partial charge in [-0.05, 0) is 32.6 Å². The maximum absolute atomic E-state index is 12.0. The molecule has 1 aliphatic rings. The van der Waals surface area contributed by atoms with E-state index in [0.717, 1.165) is 6.42 Å². The van der Waals surface area contributed by atoms with Crippen LogP contribution in [0.2, 0.25) is 0 Å². The smallest absolute Gasteiger partial charge is 0.142 e. The molecule has 1 saturated carbocycles. The third-order valence-corrected chi connectivity index (χ3v) is 5.16. The summed E-state index contributed by atoms with van der Waals surface area (Å²) in [6, 6.07) is 2.03. The Kier molecular flexibility index (Phi) is 5.30. The largest absolute Gasteiger partial charge is 0.598 e. The normalized spacial score (nSPS) is 22.4. The minimum Gasteiger partial charge on any atom is -0.598 e. The molecule has 3 nitrogen and oxygen atoms in total. The van der Waals surface area contributed by atoms with Crippen molar-refractivity contribution in [1.82, 2.24) is 4.72 Å². The number of nitrogens with zero attached hydrogens (tertiary/aromatic N) is 1. The summed E-state index contributed by atoms with van der Waals surface area (Å²) < 4.78 is 14.7. The zero-order valence-electron chi connectivity index (χ0n) is 11.3. The average Bonchev–Trinajstić information content (AvgIpc) is 2.18. The van der Waals surface area contributed by atoms with E-state index in [9.17, 15) is 9.81 Å². The van der Waals surface area contributed by atoms with Crippen molar-refractivity contribution in [3.63, 3.8) is 0 Å². The summed E-state index contributed by atoms with van der Waals surface area (Å²) in [4.78, 5) is 0. The summed E-state index contributed by atoms with van der Waals surface area (Å²) in [6.07, 6.45) is 4.71. The molecule has 0 bridgehead atoms. The highest BCUT2D eigenvalue weighted by molar-refractivity contribution is 7.90. The highest BCUT2D eigenvalue weighted by Gasteiger charge is 2.37. The Morgan fingerprint density at radius 2 is 2.06 bits per heavy atom. The van der Waals surface area contributed by atoms with Gasteiger partial charge in [-0.2, -0.15) is 5.26 Å². The first-order valence-corrected chi connectivity index (χ1v) is 7.62. The standard InChI is InChI=1S/C13H24N2OS/c1-5-11(10-7-6-8-10)12(9-14)15-17(16)13(2,3)4/h10-12,15H,5-8H2,1-4H3. The van der Waals surface area contributed by atoms with Gasteiger partial charge in [-0.15, -0.1) is 4.72 Å². The zero-order valence-corrected chi connectivity index (χ0v) is 12.1. The summed E-state index contributed by atoms with van der Waals surface area (Å²) >= 11 is -1.16. The van der Waals surface area contributed by atoms with Gasteiger partial charge in [-0.3, -0.25) is 0 Å². The Morgan fingerprint density at radius 3 is 2.35 bits per heavy atom. The van der Waals surface area contributed by atoms with Crippen molar-refractivity contribution in [2.45, 2.75) is 64.2 Å². The summed E-state index contributed by atoms with van der Waals surface area (Å²) in [7, 11) is 0. The zero-order chi connectivity index (χ0) is 13.1. The van der Waals surface area contributed by atoms with Crippen molar-refractivity contribution in [3.8, 4) is 6.07 Å². The minimum atomic E-state index is -1.16. The van der Waals surface area contributed by atoms with Gasteiger partial charge in [-0.25, -0.2) is 0 Å². The van der Waals surface area contributed by atoms with Crippen LogP contribution in [0.4, 0.5) is 0 Å². The number of nitriles is 1. The van der Waals surface area contributed by atoms with Gasteiger partial charge in [0.05, 0.1) is 6.07 Å². The van der Waals surface area contributed by atoms with E-state index in [-0.39, 0.29) is 10.8 Å². The Balaban J connectivity index is 2.60. The quantitative estimate of drug-likeness (QED) is 0.769. The lowest BCUT2D eigenvalue weighted by Gasteiger charge is -2.36. The summed E-state index contributed by atoms with van der Waals surface area (Å²) in [5.74, 6) is 0.995. The van der Waals surface area contributed by atoms with Crippen LogP contribution in [0.25, 0.3) is 0 Å². The van der Waals surface area contributed by atoms with E-state index in [4.69, 9.17) is 0 Å². The Bertz CT molecular complexity index is 278. The lowest BCUT2D eigenvalue weighted by Crippen LogP contribution is -2.49. The van der Waals surface area contributed by atoms with Crippen LogP contribution in [-0.4, -0.2) is 15.3 Å². The summed E-state index contributed by atoms with van der Waals surface area (Å²) in [5, 5.41) is 9.26. The van der Waals surface area contributed by atoms with Crippen LogP contribution in [0.5, 0.6) is 0 Å². The molecule has 0 heterocycles. The van der Waals surface area contributed by atoms with Gasteiger partial charge in [0, 0.05) is 11.4 Å². The van der Waals surface area contributed by atoms with E-state index in [1.807, 2.05) is 20.8 Å². The van der Waals surface area contributed by atoms with Crippen LogP contribution < -0.4 is 4.72 Å². The molecule has 3 atom stereocenters. The number of rotatable bonds is 5. The van der Waals surface area contributed by atoms with Gasteiger partial charge in [0.25, 0.3) is 0 Å². The predicted molar refractivity (Wildman–Crippen MR) is 71.6 cm³/mol. The van der Waals surface area contributed by atoms with E-state index in [0.29, 0.717) is 11.8 Å². The molecule has 0 radical (unpaired) electrons. The van der Waals surface area contributed by atoms with Crippen LogP contribution in [-0.2, 0) is 11.4 Å². The van der Waals surface area contributed by atoms with E-state index < -0.39 is 11.4 Å². The number of hydrogen-bond acceptors (Lipinski definition) is 3. The monoisotopic (exact) mass is 256 g/mol. The Labute approximate surface area is 108 Å². The summed E-state index contributed by atoms with van der Waals surface area (Å²) in [5.41, 5.74) is 0. The fourth-order valence-electron chi connectivity index (χ4n) is 2.21. The molecule has 0 spiro atoms. The lowest BCUT2D eigenvalue weighted by atomic mass is 9.72. The second-order valence-corrected chi connectivity index (χ2v) is 7.87. The fourth-order valence-corrected chi connectivity index (χ4v) is 3.02. The predicted octanol–water partition coefficient (Wildman–Crippen LogP) is 2.76. The highest BCUT2D eigenvalue weighted by Crippen LogP contribution is 2.37. The van der Waals surface area contributed by atoms with Crippen LogP contribution in [0, 0.1) is 23.2 Å². The topological polar surface area (TPSA) is 58.9 Å². The molecule has 3 unspecified atom stereocenters. The van der Waals surface area contributed by atoms with Crippen molar-refractivity contribution in [2.75, 3.05) is 0 Å². The van der Waals surface area contributed by atoms with Crippen molar-refractivity contribution >= 4 is 11.4 Å². The van der Waals surface area contributed by atoms with Crippen LogP contribution in [0.15, 0.2) is 0 Å². The van der Waals surface area contributed by atoms with E-state index in [1.165, 1.54) is 19.3 Å². The molecular formula is C13H24N2OS. The van der Waals surface area contributed by atoms with Gasteiger partial charge in [-0.1, -0.05) is 32.6 Å². The van der Waals surface area contributed by atoms with E-state index >= 15 is 0 Å². The van der Waals surface area contributed by atoms with Crippen LogP contribution in [0.1, 0.15) is 53.4 Å². The van der Waals surface area contributed by atoms with Gasteiger partial charge in [0.1, 0.15) is 10.8 Å². The van der Waals surface area contributed by atoms with Crippen molar-refractivity contribution in [3.05, 3.63) is 0 Å². The molecule has 4 heteroatoms. The third-order valence-electron chi connectivity index (χ3n) is 3.58. The average molecular weight is 256 g/mol. The SMILES string of the molecule is CCC(C1CCC1)C(C#N)N[S+]([O-])C(C)(C)C. The molecule has 0 aromatic heterocycles. The van der Waals surface area contributed by atoms with Crippen molar-refractivity contribution in [2.24, 2.45) is 11.8 Å². The molecule has 1 N–H and O–H groups in total. The fraction of sp³-hybridized carbons (Fsp3) is 0.923. The molecule has 98 valence electrons. The second kappa shape index (κ2) is 6.08. The lowest BCUT2D eigenvalue weighted by molar-refractivity contribution is 0.183. The second-order valence-electron chi connectivity index (χ2n) is 5.87. The molecular weight excluding hydrogens is 232 g/mol. The molecule has 1 rings (SSSR count). The van der Waals surface area contributed by atoms with Crippen LogP contribution in [0.3, 0.4) is 0 Å². The van der Waals surface area contributed by atoms with E-state index in [2.05, 4.69) is 17.7 Å². The first-order chi connectivity index (χ1) is 7.90.